The fourth-order valence-electron chi connectivity index (χ4n) is 2.75. The fraction of sp³-hybridized carbons (Fsp3) is 0.136. The summed E-state index contributed by atoms with van der Waals surface area (Å²) in [7, 11) is 0. The molecule has 0 unspecified atom stereocenters. The van der Waals surface area contributed by atoms with Gasteiger partial charge in [-0.15, -0.1) is 0 Å². The van der Waals surface area contributed by atoms with Gasteiger partial charge in [0.25, 0.3) is 11.8 Å². The van der Waals surface area contributed by atoms with Crippen molar-refractivity contribution in [3.05, 3.63) is 83.3 Å². The first-order chi connectivity index (χ1) is 13.9. The largest absolute Gasteiger partial charge is 0.459 e. The molecule has 1 aromatic heterocycles. The maximum atomic E-state index is 12.1. The quantitative estimate of drug-likeness (QED) is 0.619. The van der Waals surface area contributed by atoms with E-state index in [0.29, 0.717) is 11.4 Å². The summed E-state index contributed by atoms with van der Waals surface area (Å²) in [5.41, 5.74) is 3.46. The molecule has 29 heavy (non-hydrogen) atoms. The molecule has 2 N–H and O–H groups in total. The Bertz CT molecular complexity index is 1000. The molecule has 0 spiro atoms. The first-order valence-corrected chi connectivity index (χ1v) is 8.91. The van der Waals surface area contributed by atoms with Gasteiger partial charge >= 0.3 is 5.97 Å². The Morgan fingerprint density at radius 2 is 1.59 bits per heavy atom. The number of amides is 2. The summed E-state index contributed by atoms with van der Waals surface area (Å²) >= 11 is 0. The first-order valence-electron chi connectivity index (χ1n) is 8.91. The molecular weight excluding hydrogens is 372 g/mol. The standard InChI is InChI=1S/C22H20N2O5/c1-14-10-15(2)12-18(11-14)23-20(25)13-29-22(27)16-5-7-17(8-6-16)24-21(26)19-4-3-9-28-19/h3-12H,13H2,1-2H3,(H,23,25)(H,24,26). The van der Waals surface area contributed by atoms with E-state index >= 15 is 0 Å². The number of ether oxygens (including phenoxy) is 1. The highest BCUT2D eigenvalue weighted by molar-refractivity contribution is 6.02. The number of hydrogen-bond donors (Lipinski definition) is 2. The van der Waals surface area contributed by atoms with Crippen LogP contribution in [0.1, 0.15) is 32.0 Å². The Hall–Kier alpha value is -3.87. The van der Waals surface area contributed by atoms with E-state index in [1.165, 1.54) is 18.4 Å². The van der Waals surface area contributed by atoms with Crippen LogP contribution in [0, 0.1) is 13.8 Å². The molecule has 3 aromatic rings. The highest BCUT2D eigenvalue weighted by Gasteiger charge is 2.12. The van der Waals surface area contributed by atoms with Gasteiger partial charge in [-0.25, -0.2) is 4.79 Å². The van der Waals surface area contributed by atoms with Gasteiger partial charge < -0.3 is 19.8 Å². The monoisotopic (exact) mass is 392 g/mol. The molecule has 0 saturated carbocycles. The molecule has 2 amide bonds. The minimum Gasteiger partial charge on any atom is -0.459 e. The second-order valence-electron chi connectivity index (χ2n) is 6.51. The summed E-state index contributed by atoms with van der Waals surface area (Å²) in [5, 5.41) is 5.35. The van der Waals surface area contributed by atoms with E-state index in [1.807, 2.05) is 32.0 Å². The summed E-state index contributed by atoms with van der Waals surface area (Å²) in [4.78, 5) is 36.1. The zero-order chi connectivity index (χ0) is 20.8. The number of esters is 1. The van der Waals surface area contributed by atoms with Crippen LogP contribution in [-0.2, 0) is 9.53 Å². The van der Waals surface area contributed by atoms with Crippen molar-refractivity contribution in [1.82, 2.24) is 0 Å². The van der Waals surface area contributed by atoms with Gasteiger partial charge in [-0.05, 0) is 73.5 Å². The molecular formula is C22H20N2O5. The van der Waals surface area contributed by atoms with Crippen molar-refractivity contribution in [3.8, 4) is 0 Å². The summed E-state index contributed by atoms with van der Waals surface area (Å²) in [6, 6.07) is 15.0. The minimum absolute atomic E-state index is 0.184. The zero-order valence-corrected chi connectivity index (χ0v) is 16.0. The van der Waals surface area contributed by atoms with E-state index in [9.17, 15) is 14.4 Å². The highest BCUT2D eigenvalue weighted by Crippen LogP contribution is 2.14. The predicted molar refractivity (Wildman–Crippen MR) is 108 cm³/mol. The molecule has 0 fully saturated rings. The van der Waals surface area contributed by atoms with E-state index in [2.05, 4.69) is 10.6 Å². The number of carbonyl (C=O) groups is 3. The molecule has 0 aliphatic carbocycles. The third-order valence-electron chi connectivity index (χ3n) is 3.96. The molecule has 148 valence electrons. The third kappa shape index (κ3) is 5.55. The van der Waals surface area contributed by atoms with Crippen molar-refractivity contribution < 1.29 is 23.5 Å². The highest BCUT2D eigenvalue weighted by atomic mass is 16.5. The maximum Gasteiger partial charge on any atom is 0.338 e. The Balaban J connectivity index is 1.51. The maximum absolute atomic E-state index is 12.1. The van der Waals surface area contributed by atoms with Crippen LogP contribution in [0.3, 0.4) is 0 Å². The second kappa shape index (κ2) is 8.88. The molecule has 0 atom stereocenters. The third-order valence-corrected chi connectivity index (χ3v) is 3.96. The summed E-state index contributed by atoms with van der Waals surface area (Å²) < 4.78 is 10.1. The van der Waals surface area contributed by atoms with E-state index in [-0.39, 0.29) is 11.3 Å². The summed E-state index contributed by atoms with van der Waals surface area (Å²) in [6.45, 7) is 3.47. The van der Waals surface area contributed by atoms with Crippen molar-refractivity contribution in [2.75, 3.05) is 17.2 Å². The van der Waals surface area contributed by atoms with Gasteiger partial charge in [0, 0.05) is 11.4 Å². The number of nitrogens with one attached hydrogen (secondary N) is 2. The molecule has 0 saturated heterocycles. The van der Waals surface area contributed by atoms with Crippen molar-refractivity contribution in [2.24, 2.45) is 0 Å². The molecule has 3 rings (SSSR count). The number of hydrogen-bond acceptors (Lipinski definition) is 5. The number of anilines is 2. The number of aryl methyl sites for hydroxylation is 2. The lowest BCUT2D eigenvalue weighted by atomic mass is 10.1. The number of carbonyl (C=O) groups excluding carboxylic acids is 3. The molecule has 0 bridgehead atoms. The van der Waals surface area contributed by atoms with Crippen LogP contribution < -0.4 is 10.6 Å². The van der Waals surface area contributed by atoms with Gasteiger partial charge in [-0.3, -0.25) is 9.59 Å². The van der Waals surface area contributed by atoms with Gasteiger partial charge in [0.2, 0.25) is 0 Å². The van der Waals surface area contributed by atoms with Crippen molar-refractivity contribution in [2.45, 2.75) is 13.8 Å². The number of rotatable bonds is 6. The summed E-state index contributed by atoms with van der Waals surface area (Å²) in [5.74, 6) is -1.27. The van der Waals surface area contributed by atoms with Crippen LogP contribution >= 0.6 is 0 Å². The van der Waals surface area contributed by atoms with E-state index < -0.39 is 24.4 Å². The molecule has 2 aromatic carbocycles. The smallest absolute Gasteiger partial charge is 0.338 e. The molecule has 1 heterocycles. The summed E-state index contributed by atoms with van der Waals surface area (Å²) in [6.07, 6.45) is 1.41. The van der Waals surface area contributed by atoms with E-state index in [1.54, 1.807) is 24.3 Å². The van der Waals surface area contributed by atoms with Gasteiger partial charge in [-0.1, -0.05) is 6.07 Å². The van der Waals surface area contributed by atoms with Crippen LogP contribution in [0.25, 0.3) is 0 Å². The second-order valence-corrected chi connectivity index (χ2v) is 6.51. The van der Waals surface area contributed by atoms with Crippen LogP contribution in [0.15, 0.2) is 65.3 Å². The Kier molecular flexibility index (Phi) is 6.09. The average Bonchev–Trinajstić information content (AvgIpc) is 3.21. The van der Waals surface area contributed by atoms with Crippen molar-refractivity contribution in [1.29, 1.82) is 0 Å². The van der Waals surface area contributed by atoms with Gasteiger partial charge in [-0.2, -0.15) is 0 Å². The number of furan rings is 1. The Labute approximate surface area is 167 Å². The minimum atomic E-state index is -0.635. The number of benzene rings is 2. The zero-order valence-electron chi connectivity index (χ0n) is 16.0. The van der Waals surface area contributed by atoms with E-state index in [0.717, 1.165) is 11.1 Å². The van der Waals surface area contributed by atoms with Crippen LogP contribution in [0.2, 0.25) is 0 Å². The predicted octanol–water partition coefficient (Wildman–Crippen LogP) is 3.94. The van der Waals surface area contributed by atoms with Gasteiger partial charge in [0.15, 0.2) is 12.4 Å². The van der Waals surface area contributed by atoms with Gasteiger partial charge in [0.05, 0.1) is 11.8 Å². The van der Waals surface area contributed by atoms with Crippen molar-refractivity contribution >= 4 is 29.2 Å². The van der Waals surface area contributed by atoms with Crippen LogP contribution in [0.4, 0.5) is 11.4 Å². The molecule has 7 nitrogen and oxygen atoms in total. The molecule has 0 radical (unpaired) electrons. The first kappa shape index (κ1) is 19.9. The molecule has 7 heteroatoms. The van der Waals surface area contributed by atoms with Gasteiger partial charge in [0.1, 0.15) is 0 Å². The fourth-order valence-corrected chi connectivity index (χ4v) is 2.75. The lowest BCUT2D eigenvalue weighted by Crippen LogP contribution is -2.21. The van der Waals surface area contributed by atoms with E-state index in [4.69, 9.17) is 9.15 Å². The van der Waals surface area contributed by atoms with Crippen LogP contribution in [-0.4, -0.2) is 24.4 Å². The normalized spacial score (nSPS) is 10.3. The Morgan fingerprint density at radius 1 is 0.897 bits per heavy atom. The Morgan fingerprint density at radius 3 is 2.21 bits per heavy atom. The van der Waals surface area contributed by atoms with Crippen LogP contribution in [0.5, 0.6) is 0 Å². The lowest BCUT2D eigenvalue weighted by Gasteiger charge is -2.09. The molecule has 0 aliphatic heterocycles. The molecule has 0 aliphatic rings. The SMILES string of the molecule is Cc1cc(C)cc(NC(=O)COC(=O)c2ccc(NC(=O)c3ccco3)cc2)c1. The topological polar surface area (TPSA) is 97.6 Å². The van der Waals surface area contributed by atoms with Crippen molar-refractivity contribution in [3.63, 3.8) is 0 Å². The lowest BCUT2D eigenvalue weighted by molar-refractivity contribution is -0.119. The average molecular weight is 392 g/mol.